The third-order valence-electron chi connectivity index (χ3n) is 3.33. The van der Waals surface area contributed by atoms with Crippen LogP contribution in [-0.2, 0) is 0 Å². The Labute approximate surface area is 108 Å². The monoisotopic (exact) mass is 245 g/mol. The molecule has 5 heteroatoms. The van der Waals surface area contributed by atoms with E-state index in [1.165, 1.54) is 0 Å². The van der Waals surface area contributed by atoms with Gasteiger partial charge in [-0.3, -0.25) is 4.90 Å². The number of aryl methyl sites for hydroxylation is 2. The van der Waals surface area contributed by atoms with Gasteiger partial charge in [-0.2, -0.15) is 5.26 Å². The summed E-state index contributed by atoms with van der Waals surface area (Å²) in [6, 6.07) is 4.31. The highest BCUT2D eigenvalue weighted by Crippen LogP contribution is 2.15. The van der Waals surface area contributed by atoms with Gasteiger partial charge in [0, 0.05) is 37.9 Å². The summed E-state index contributed by atoms with van der Waals surface area (Å²) in [5.41, 5.74) is 1.00. The molecule has 0 aliphatic carbocycles. The molecular weight excluding hydrogens is 226 g/mol. The van der Waals surface area contributed by atoms with Crippen molar-refractivity contribution in [2.75, 3.05) is 31.1 Å². The summed E-state index contributed by atoms with van der Waals surface area (Å²) >= 11 is 0. The number of nitrogens with zero attached hydrogens (tertiary/aromatic N) is 5. The first-order valence-electron chi connectivity index (χ1n) is 6.31. The fourth-order valence-electron chi connectivity index (χ4n) is 2.28. The minimum Gasteiger partial charge on any atom is -0.354 e. The number of anilines is 1. The van der Waals surface area contributed by atoms with E-state index >= 15 is 0 Å². The number of hydrogen-bond acceptors (Lipinski definition) is 5. The fraction of sp³-hybridized carbons (Fsp3) is 0.615. The summed E-state index contributed by atoms with van der Waals surface area (Å²) in [7, 11) is 0. The Morgan fingerprint density at radius 3 is 2.44 bits per heavy atom. The van der Waals surface area contributed by atoms with Gasteiger partial charge >= 0.3 is 0 Å². The Morgan fingerprint density at radius 1 is 1.22 bits per heavy atom. The van der Waals surface area contributed by atoms with Gasteiger partial charge in [-0.25, -0.2) is 9.97 Å². The van der Waals surface area contributed by atoms with Gasteiger partial charge in [0.15, 0.2) is 0 Å². The Balaban J connectivity index is 2.03. The van der Waals surface area contributed by atoms with Crippen molar-refractivity contribution < 1.29 is 0 Å². The molecule has 0 radical (unpaired) electrons. The molecule has 1 unspecified atom stereocenters. The first kappa shape index (κ1) is 12.8. The predicted octanol–water partition coefficient (Wildman–Crippen LogP) is 1.13. The van der Waals surface area contributed by atoms with Crippen molar-refractivity contribution in [1.29, 1.82) is 5.26 Å². The molecular formula is C13H19N5. The number of hydrogen-bond donors (Lipinski definition) is 0. The molecule has 0 bridgehead atoms. The Bertz CT molecular complexity index is 437. The second kappa shape index (κ2) is 5.32. The highest BCUT2D eigenvalue weighted by atomic mass is 15.3. The molecule has 1 atom stereocenters. The van der Waals surface area contributed by atoms with Gasteiger partial charge in [0.1, 0.15) is 11.6 Å². The van der Waals surface area contributed by atoms with Crippen molar-refractivity contribution in [1.82, 2.24) is 14.9 Å². The molecule has 2 rings (SSSR count). The number of piperazine rings is 1. The summed E-state index contributed by atoms with van der Waals surface area (Å²) in [4.78, 5) is 13.2. The van der Waals surface area contributed by atoms with E-state index in [0.717, 1.165) is 43.5 Å². The molecule has 0 aromatic carbocycles. The molecule has 5 nitrogen and oxygen atoms in total. The fourth-order valence-corrected chi connectivity index (χ4v) is 2.28. The maximum atomic E-state index is 8.92. The zero-order valence-electron chi connectivity index (χ0n) is 11.2. The molecule has 1 aliphatic rings. The third kappa shape index (κ3) is 2.77. The largest absolute Gasteiger partial charge is 0.354 e. The molecule has 18 heavy (non-hydrogen) atoms. The van der Waals surface area contributed by atoms with E-state index in [1.807, 2.05) is 26.8 Å². The summed E-state index contributed by atoms with van der Waals surface area (Å²) in [6.07, 6.45) is 0. The minimum absolute atomic E-state index is 0.000946. The van der Waals surface area contributed by atoms with E-state index < -0.39 is 0 Å². The van der Waals surface area contributed by atoms with Crippen LogP contribution < -0.4 is 4.90 Å². The zero-order chi connectivity index (χ0) is 13.1. The van der Waals surface area contributed by atoms with Crippen LogP contribution in [0, 0.1) is 25.2 Å². The van der Waals surface area contributed by atoms with Crippen molar-refractivity contribution in [3.63, 3.8) is 0 Å². The maximum absolute atomic E-state index is 8.92. The molecule has 1 fully saturated rings. The molecule has 1 aromatic rings. The Hall–Kier alpha value is -1.67. The maximum Gasteiger partial charge on any atom is 0.132 e. The smallest absolute Gasteiger partial charge is 0.132 e. The molecule has 0 N–H and O–H groups in total. The highest BCUT2D eigenvalue weighted by molar-refractivity contribution is 5.40. The second-order valence-corrected chi connectivity index (χ2v) is 4.74. The lowest BCUT2D eigenvalue weighted by Crippen LogP contribution is -2.49. The van der Waals surface area contributed by atoms with Crippen molar-refractivity contribution in [3.8, 4) is 6.07 Å². The molecule has 96 valence electrons. The van der Waals surface area contributed by atoms with Crippen LogP contribution in [-0.4, -0.2) is 47.1 Å². The summed E-state index contributed by atoms with van der Waals surface area (Å²) in [5, 5.41) is 8.92. The zero-order valence-corrected chi connectivity index (χ0v) is 11.2. The van der Waals surface area contributed by atoms with Gasteiger partial charge in [-0.1, -0.05) is 0 Å². The molecule has 1 aliphatic heterocycles. The quantitative estimate of drug-likeness (QED) is 0.781. The highest BCUT2D eigenvalue weighted by Gasteiger charge is 2.21. The minimum atomic E-state index is 0.000946. The molecule has 2 heterocycles. The van der Waals surface area contributed by atoms with E-state index in [-0.39, 0.29) is 6.04 Å². The summed E-state index contributed by atoms with van der Waals surface area (Å²) in [5.74, 6) is 1.82. The van der Waals surface area contributed by atoms with Gasteiger partial charge in [-0.05, 0) is 20.8 Å². The molecule has 0 saturated carbocycles. The molecule has 0 amide bonds. The molecule has 1 aromatic heterocycles. The van der Waals surface area contributed by atoms with Crippen molar-refractivity contribution >= 4 is 5.82 Å². The summed E-state index contributed by atoms with van der Waals surface area (Å²) in [6.45, 7) is 9.53. The Morgan fingerprint density at radius 2 is 1.89 bits per heavy atom. The van der Waals surface area contributed by atoms with Gasteiger partial charge in [0.25, 0.3) is 0 Å². The van der Waals surface area contributed by atoms with Gasteiger partial charge < -0.3 is 4.90 Å². The van der Waals surface area contributed by atoms with Gasteiger partial charge in [0.2, 0.25) is 0 Å². The average Bonchev–Trinajstić information content (AvgIpc) is 2.37. The van der Waals surface area contributed by atoms with Gasteiger partial charge in [0.05, 0.1) is 12.1 Å². The standard InChI is InChI=1S/C13H19N5/c1-10-8-13(16-12(3)15-10)18-6-4-17(5-7-18)11(2)9-14/h8,11H,4-7H2,1-3H3. The predicted molar refractivity (Wildman–Crippen MR) is 70.4 cm³/mol. The van der Waals surface area contributed by atoms with Crippen LogP contribution in [0.4, 0.5) is 5.82 Å². The SMILES string of the molecule is Cc1cc(N2CCN(C(C)C#N)CC2)nc(C)n1. The van der Waals surface area contributed by atoms with Crippen molar-refractivity contribution in [2.45, 2.75) is 26.8 Å². The van der Waals surface area contributed by atoms with Crippen LogP contribution in [0.3, 0.4) is 0 Å². The van der Waals surface area contributed by atoms with E-state index in [2.05, 4.69) is 25.8 Å². The third-order valence-corrected chi connectivity index (χ3v) is 3.33. The summed E-state index contributed by atoms with van der Waals surface area (Å²) < 4.78 is 0. The number of nitriles is 1. The second-order valence-electron chi connectivity index (χ2n) is 4.74. The van der Waals surface area contributed by atoms with Crippen LogP contribution in [0.2, 0.25) is 0 Å². The van der Waals surface area contributed by atoms with Gasteiger partial charge in [-0.15, -0.1) is 0 Å². The average molecular weight is 245 g/mol. The van der Waals surface area contributed by atoms with E-state index in [0.29, 0.717) is 0 Å². The van der Waals surface area contributed by atoms with Crippen LogP contribution in [0.1, 0.15) is 18.4 Å². The van der Waals surface area contributed by atoms with Crippen LogP contribution in [0.25, 0.3) is 0 Å². The number of aromatic nitrogens is 2. The van der Waals surface area contributed by atoms with Crippen molar-refractivity contribution in [3.05, 3.63) is 17.6 Å². The lowest BCUT2D eigenvalue weighted by Gasteiger charge is -2.36. The molecule has 0 spiro atoms. The normalized spacial score (nSPS) is 18.4. The van der Waals surface area contributed by atoms with Crippen LogP contribution in [0.15, 0.2) is 6.07 Å². The van der Waals surface area contributed by atoms with Crippen LogP contribution >= 0.6 is 0 Å². The lowest BCUT2D eigenvalue weighted by atomic mass is 10.2. The topological polar surface area (TPSA) is 56.0 Å². The van der Waals surface area contributed by atoms with E-state index in [9.17, 15) is 0 Å². The lowest BCUT2D eigenvalue weighted by molar-refractivity contribution is 0.231. The number of rotatable bonds is 2. The van der Waals surface area contributed by atoms with E-state index in [1.54, 1.807) is 0 Å². The van der Waals surface area contributed by atoms with E-state index in [4.69, 9.17) is 5.26 Å². The molecule has 1 saturated heterocycles. The first-order valence-corrected chi connectivity index (χ1v) is 6.31. The Kier molecular flexibility index (Phi) is 3.78. The van der Waals surface area contributed by atoms with Crippen LogP contribution in [0.5, 0.6) is 0 Å². The van der Waals surface area contributed by atoms with Crippen molar-refractivity contribution in [2.24, 2.45) is 0 Å². The first-order chi connectivity index (χ1) is 8.60.